The van der Waals surface area contributed by atoms with Gasteiger partial charge in [0.15, 0.2) is 0 Å². The second-order valence-electron chi connectivity index (χ2n) is 6.16. The van der Waals surface area contributed by atoms with Crippen LogP contribution in [0.1, 0.15) is 42.8 Å². The lowest BCUT2D eigenvalue weighted by atomic mass is 10.0. The van der Waals surface area contributed by atoms with Gasteiger partial charge in [-0.15, -0.1) is 0 Å². The van der Waals surface area contributed by atoms with Crippen molar-refractivity contribution in [3.05, 3.63) is 29.3 Å². The van der Waals surface area contributed by atoms with E-state index in [-0.39, 0.29) is 23.4 Å². The van der Waals surface area contributed by atoms with Crippen molar-refractivity contribution in [3.63, 3.8) is 0 Å². The fraction of sp³-hybridized carbons (Fsp3) is 0.500. The first kappa shape index (κ1) is 19.7. The van der Waals surface area contributed by atoms with E-state index in [0.29, 0.717) is 0 Å². The molecule has 4 N–H and O–H groups in total. The smallest absolute Gasteiger partial charge is 0.407 e. The summed E-state index contributed by atoms with van der Waals surface area (Å²) in [5, 5.41) is 32.2. The molecule has 0 fully saturated rings. The fourth-order valence-corrected chi connectivity index (χ4v) is 1.86. The molecule has 8 nitrogen and oxygen atoms in total. The average Bonchev–Trinajstić information content (AvgIpc) is 2.50. The Labute approximate surface area is 140 Å². The van der Waals surface area contributed by atoms with E-state index < -0.39 is 29.9 Å². The number of ether oxygens (including phenoxy) is 2. The van der Waals surface area contributed by atoms with Gasteiger partial charge in [-0.2, -0.15) is 0 Å². The van der Waals surface area contributed by atoms with Crippen LogP contribution < -0.4 is 5.32 Å². The molecule has 0 bridgehead atoms. The first-order chi connectivity index (χ1) is 11.0. The molecular weight excluding hydrogens is 318 g/mol. The molecule has 0 radical (unpaired) electrons. The maximum absolute atomic E-state index is 11.5. The fourth-order valence-electron chi connectivity index (χ4n) is 1.86. The van der Waals surface area contributed by atoms with Crippen molar-refractivity contribution < 1.29 is 34.4 Å². The van der Waals surface area contributed by atoms with Crippen molar-refractivity contribution in [1.29, 1.82) is 0 Å². The van der Waals surface area contributed by atoms with Gasteiger partial charge >= 0.3 is 12.1 Å². The Hall–Kier alpha value is -2.32. The van der Waals surface area contributed by atoms with Gasteiger partial charge in [0, 0.05) is 12.1 Å². The summed E-state index contributed by atoms with van der Waals surface area (Å²) in [6, 6.07) is 3.74. The third-order valence-corrected chi connectivity index (χ3v) is 2.99. The van der Waals surface area contributed by atoms with Gasteiger partial charge in [0.2, 0.25) is 0 Å². The SMILES string of the molecule is COC(=O)c1ccc(O)c(C(O)C(O)CNC(=O)OC(C)(C)C)c1. The van der Waals surface area contributed by atoms with Crippen LogP contribution >= 0.6 is 0 Å². The first-order valence-electron chi connectivity index (χ1n) is 7.29. The van der Waals surface area contributed by atoms with E-state index in [1.807, 2.05) is 0 Å². The quantitative estimate of drug-likeness (QED) is 0.591. The number of phenols is 1. The van der Waals surface area contributed by atoms with Crippen LogP contribution in [0.3, 0.4) is 0 Å². The molecule has 0 saturated heterocycles. The topological polar surface area (TPSA) is 125 Å². The monoisotopic (exact) mass is 341 g/mol. The summed E-state index contributed by atoms with van der Waals surface area (Å²) < 4.78 is 9.57. The highest BCUT2D eigenvalue weighted by Gasteiger charge is 2.24. The van der Waals surface area contributed by atoms with Crippen molar-refractivity contribution in [2.24, 2.45) is 0 Å². The van der Waals surface area contributed by atoms with E-state index in [2.05, 4.69) is 10.1 Å². The summed E-state index contributed by atoms with van der Waals surface area (Å²) in [4.78, 5) is 23.0. The minimum absolute atomic E-state index is 0.0589. The van der Waals surface area contributed by atoms with Crippen molar-refractivity contribution in [2.45, 2.75) is 38.6 Å². The van der Waals surface area contributed by atoms with E-state index >= 15 is 0 Å². The van der Waals surface area contributed by atoms with Gasteiger partial charge in [-0.25, -0.2) is 9.59 Å². The zero-order chi connectivity index (χ0) is 18.5. The molecule has 0 heterocycles. The molecule has 0 aliphatic heterocycles. The van der Waals surface area contributed by atoms with Crippen LogP contribution in [-0.4, -0.2) is 52.7 Å². The summed E-state index contributed by atoms with van der Waals surface area (Å²) in [5.41, 5.74) is -0.645. The highest BCUT2D eigenvalue weighted by Crippen LogP contribution is 2.27. The number of methoxy groups -OCH3 is 1. The Balaban J connectivity index is 2.77. The number of carbonyl (C=O) groups is 2. The second kappa shape index (κ2) is 7.98. The van der Waals surface area contributed by atoms with Gasteiger partial charge in [0.05, 0.1) is 12.7 Å². The van der Waals surface area contributed by atoms with Crippen LogP contribution in [-0.2, 0) is 9.47 Å². The predicted octanol–water partition coefficient (Wildman–Crippen LogP) is 1.10. The number of phenolic OH excluding ortho intramolecular Hbond substituents is 1. The summed E-state index contributed by atoms with van der Waals surface area (Å²) in [6.45, 7) is 4.76. The summed E-state index contributed by atoms with van der Waals surface area (Å²) in [5.74, 6) is -0.948. The van der Waals surface area contributed by atoms with Crippen molar-refractivity contribution in [2.75, 3.05) is 13.7 Å². The number of nitrogens with one attached hydrogen (secondary N) is 1. The number of rotatable bonds is 5. The Bertz CT molecular complexity index is 595. The Kier molecular flexibility index (Phi) is 6.56. The molecule has 1 amide bonds. The van der Waals surface area contributed by atoms with Gasteiger partial charge in [0.25, 0.3) is 0 Å². The van der Waals surface area contributed by atoms with Crippen LogP contribution in [0.5, 0.6) is 5.75 Å². The summed E-state index contributed by atoms with van der Waals surface area (Å²) >= 11 is 0. The molecule has 0 aliphatic carbocycles. The van der Waals surface area contributed by atoms with Crippen LogP contribution in [0.25, 0.3) is 0 Å². The van der Waals surface area contributed by atoms with Gasteiger partial charge in [-0.05, 0) is 39.0 Å². The molecule has 1 aromatic rings. The lowest BCUT2D eigenvalue weighted by Gasteiger charge is -2.22. The standard InChI is InChI=1S/C16H23NO7/c1-16(2,3)24-15(22)17-8-12(19)13(20)10-7-9(14(21)23-4)5-6-11(10)18/h5-7,12-13,18-20H,8H2,1-4H3,(H,17,22). The Morgan fingerprint density at radius 2 is 1.88 bits per heavy atom. The maximum Gasteiger partial charge on any atom is 0.407 e. The van der Waals surface area contributed by atoms with E-state index in [1.54, 1.807) is 20.8 Å². The molecule has 1 aromatic carbocycles. The molecule has 24 heavy (non-hydrogen) atoms. The van der Waals surface area contributed by atoms with Crippen LogP contribution in [0.15, 0.2) is 18.2 Å². The van der Waals surface area contributed by atoms with Gasteiger partial charge < -0.3 is 30.1 Å². The number of hydrogen-bond donors (Lipinski definition) is 4. The van der Waals surface area contributed by atoms with E-state index in [9.17, 15) is 24.9 Å². The average molecular weight is 341 g/mol. The van der Waals surface area contributed by atoms with Crippen molar-refractivity contribution in [1.82, 2.24) is 5.32 Å². The van der Waals surface area contributed by atoms with Crippen LogP contribution in [0, 0.1) is 0 Å². The molecule has 0 saturated carbocycles. The molecule has 0 spiro atoms. The van der Waals surface area contributed by atoms with Crippen LogP contribution in [0.2, 0.25) is 0 Å². The molecular formula is C16H23NO7. The number of carbonyl (C=O) groups excluding carboxylic acids is 2. The third kappa shape index (κ3) is 5.71. The molecule has 1 rings (SSSR count). The van der Waals surface area contributed by atoms with E-state index in [0.717, 1.165) is 0 Å². The van der Waals surface area contributed by atoms with Crippen LogP contribution in [0.4, 0.5) is 4.79 Å². The molecule has 8 heteroatoms. The number of amides is 1. The van der Waals surface area contributed by atoms with Gasteiger partial charge in [-0.1, -0.05) is 0 Å². The molecule has 134 valence electrons. The predicted molar refractivity (Wildman–Crippen MR) is 84.6 cm³/mol. The number of alkyl carbamates (subject to hydrolysis) is 1. The molecule has 0 aliphatic rings. The largest absolute Gasteiger partial charge is 0.508 e. The number of aliphatic hydroxyl groups excluding tert-OH is 2. The molecule has 2 unspecified atom stereocenters. The van der Waals surface area contributed by atoms with E-state index in [1.165, 1.54) is 25.3 Å². The number of esters is 1. The zero-order valence-corrected chi connectivity index (χ0v) is 14.1. The minimum Gasteiger partial charge on any atom is -0.508 e. The Morgan fingerprint density at radius 1 is 1.25 bits per heavy atom. The highest BCUT2D eigenvalue weighted by molar-refractivity contribution is 5.89. The molecule has 2 atom stereocenters. The highest BCUT2D eigenvalue weighted by atomic mass is 16.6. The number of aromatic hydroxyl groups is 1. The lowest BCUT2D eigenvalue weighted by molar-refractivity contribution is 0.0119. The van der Waals surface area contributed by atoms with Crippen molar-refractivity contribution >= 4 is 12.1 Å². The maximum atomic E-state index is 11.5. The second-order valence-corrected chi connectivity index (χ2v) is 6.16. The van der Waals surface area contributed by atoms with Crippen molar-refractivity contribution in [3.8, 4) is 5.75 Å². The first-order valence-corrected chi connectivity index (χ1v) is 7.29. The van der Waals surface area contributed by atoms with E-state index in [4.69, 9.17) is 4.74 Å². The van der Waals surface area contributed by atoms with Gasteiger partial charge in [0.1, 0.15) is 23.6 Å². The zero-order valence-electron chi connectivity index (χ0n) is 14.1. The Morgan fingerprint density at radius 3 is 2.42 bits per heavy atom. The normalized spacial score (nSPS) is 13.8. The number of aliphatic hydroxyl groups is 2. The third-order valence-electron chi connectivity index (χ3n) is 2.99. The number of hydrogen-bond acceptors (Lipinski definition) is 7. The molecule has 0 aromatic heterocycles. The summed E-state index contributed by atoms with van der Waals surface area (Å²) in [7, 11) is 1.20. The minimum atomic E-state index is -1.52. The number of benzene rings is 1. The lowest BCUT2D eigenvalue weighted by Crippen LogP contribution is -2.38. The van der Waals surface area contributed by atoms with Gasteiger partial charge in [-0.3, -0.25) is 0 Å². The summed E-state index contributed by atoms with van der Waals surface area (Å²) in [6.07, 6.45) is -3.69.